The largest absolute Gasteiger partial charge is 0.491 e. The number of rotatable bonds is 6. The molecule has 2 N–H and O–H groups in total. The summed E-state index contributed by atoms with van der Waals surface area (Å²) in [6.45, 7) is 1.22. The lowest BCUT2D eigenvalue weighted by Crippen LogP contribution is -2.07. The number of imidazole rings is 1. The van der Waals surface area contributed by atoms with E-state index in [1.165, 1.54) is 5.56 Å². The Bertz CT molecular complexity index is 561. The van der Waals surface area contributed by atoms with Gasteiger partial charge in [0, 0.05) is 25.9 Å². The van der Waals surface area contributed by atoms with Gasteiger partial charge < -0.3 is 15.0 Å². The first-order valence-electron chi connectivity index (χ1n) is 6.38. The van der Waals surface area contributed by atoms with Crippen LogP contribution in [0.2, 0.25) is 0 Å². The number of aromatic nitrogens is 2. The summed E-state index contributed by atoms with van der Waals surface area (Å²) in [5.74, 6) is 1.83. The molecule has 0 amide bonds. The molecule has 0 atom stereocenters. The van der Waals surface area contributed by atoms with Crippen molar-refractivity contribution < 1.29 is 4.74 Å². The van der Waals surface area contributed by atoms with Gasteiger partial charge >= 0.3 is 0 Å². The average Bonchev–Trinajstić information content (AvgIpc) is 2.79. The molecule has 0 aliphatic rings. The van der Waals surface area contributed by atoms with Crippen LogP contribution in [0.5, 0.6) is 5.75 Å². The minimum absolute atomic E-state index is 0.582. The van der Waals surface area contributed by atoms with E-state index in [1.807, 2.05) is 29.9 Å². The maximum Gasteiger partial charge on any atom is 0.147 e. The number of benzene rings is 1. The molecule has 4 nitrogen and oxygen atoms in total. The second kappa shape index (κ2) is 7.24. The van der Waals surface area contributed by atoms with Crippen LogP contribution in [0.4, 0.5) is 0 Å². The minimum Gasteiger partial charge on any atom is -0.491 e. The Balaban J connectivity index is 2.01. The first-order chi connectivity index (χ1) is 9.61. The number of hydrogen-bond acceptors (Lipinski definition) is 3. The van der Waals surface area contributed by atoms with Crippen molar-refractivity contribution >= 4 is 31.9 Å². The maximum atomic E-state index is 5.85. The van der Waals surface area contributed by atoms with Crippen LogP contribution < -0.4 is 10.5 Å². The molecule has 1 aromatic heterocycles. The van der Waals surface area contributed by atoms with Gasteiger partial charge in [0.2, 0.25) is 0 Å². The molecule has 0 aliphatic carbocycles. The lowest BCUT2D eigenvalue weighted by molar-refractivity contribution is 0.313. The first kappa shape index (κ1) is 15.5. The highest BCUT2D eigenvalue weighted by Gasteiger charge is 2.09. The van der Waals surface area contributed by atoms with Crippen LogP contribution in [0.15, 0.2) is 33.5 Å². The smallest absolute Gasteiger partial charge is 0.147 e. The zero-order valence-corrected chi connectivity index (χ0v) is 14.4. The summed E-state index contributed by atoms with van der Waals surface area (Å²) >= 11 is 7.09. The van der Waals surface area contributed by atoms with Gasteiger partial charge in [0.05, 0.1) is 15.6 Å². The summed E-state index contributed by atoms with van der Waals surface area (Å²) in [5.41, 5.74) is 6.76. The molecule has 0 bridgehead atoms. The molecule has 0 saturated heterocycles. The van der Waals surface area contributed by atoms with Crippen molar-refractivity contribution in [3.05, 3.63) is 44.9 Å². The Morgan fingerprint density at radius 1 is 1.25 bits per heavy atom. The SMILES string of the molecule is Cn1ccnc1CCOc1c(Br)cc(CCN)cc1Br. The highest BCUT2D eigenvalue weighted by atomic mass is 79.9. The molecule has 0 spiro atoms. The van der Waals surface area contributed by atoms with Gasteiger partial charge in [0.25, 0.3) is 0 Å². The van der Waals surface area contributed by atoms with Crippen molar-refractivity contribution in [2.24, 2.45) is 12.8 Å². The third-order valence-electron chi connectivity index (χ3n) is 2.98. The van der Waals surface area contributed by atoms with E-state index in [1.54, 1.807) is 6.20 Å². The fourth-order valence-electron chi connectivity index (χ4n) is 1.94. The number of hydrogen-bond donors (Lipinski definition) is 1. The molecule has 6 heteroatoms. The van der Waals surface area contributed by atoms with E-state index in [-0.39, 0.29) is 0 Å². The van der Waals surface area contributed by atoms with E-state index in [0.717, 1.165) is 33.4 Å². The summed E-state index contributed by atoms with van der Waals surface area (Å²) < 4.78 is 9.73. The van der Waals surface area contributed by atoms with Gasteiger partial charge in [-0.3, -0.25) is 0 Å². The Labute approximate surface area is 135 Å². The molecule has 1 aromatic carbocycles. The number of aryl methyl sites for hydroxylation is 1. The van der Waals surface area contributed by atoms with Gasteiger partial charge in [0.15, 0.2) is 0 Å². The molecule has 20 heavy (non-hydrogen) atoms. The van der Waals surface area contributed by atoms with Crippen molar-refractivity contribution in [2.75, 3.05) is 13.2 Å². The number of halogens is 2. The van der Waals surface area contributed by atoms with Crippen LogP contribution in [-0.2, 0) is 19.9 Å². The molecule has 0 aliphatic heterocycles. The minimum atomic E-state index is 0.582. The standard InChI is InChI=1S/C14H17Br2N3O/c1-19-6-5-18-13(19)3-7-20-14-11(15)8-10(2-4-17)9-12(14)16/h5-6,8-9H,2-4,7,17H2,1H3. The van der Waals surface area contributed by atoms with E-state index in [4.69, 9.17) is 10.5 Å². The van der Waals surface area contributed by atoms with Crippen molar-refractivity contribution in [3.8, 4) is 5.75 Å². The van der Waals surface area contributed by atoms with E-state index in [0.29, 0.717) is 13.2 Å². The average molecular weight is 403 g/mol. The second-order valence-corrected chi connectivity index (χ2v) is 6.19. The van der Waals surface area contributed by atoms with Crippen LogP contribution >= 0.6 is 31.9 Å². The summed E-state index contributed by atoms with van der Waals surface area (Å²) in [7, 11) is 1.98. The van der Waals surface area contributed by atoms with E-state index < -0.39 is 0 Å². The van der Waals surface area contributed by atoms with Gasteiger partial charge in [-0.15, -0.1) is 0 Å². The van der Waals surface area contributed by atoms with Gasteiger partial charge in [-0.1, -0.05) is 0 Å². The van der Waals surface area contributed by atoms with Crippen LogP contribution in [0.3, 0.4) is 0 Å². The zero-order chi connectivity index (χ0) is 14.5. The molecular formula is C14H17Br2N3O. The molecule has 0 radical (unpaired) electrons. The molecule has 2 aromatic rings. The number of ether oxygens (including phenoxy) is 1. The molecule has 0 unspecified atom stereocenters. The molecule has 0 saturated carbocycles. The lowest BCUT2D eigenvalue weighted by Gasteiger charge is -2.12. The predicted molar refractivity (Wildman–Crippen MR) is 87.0 cm³/mol. The van der Waals surface area contributed by atoms with Crippen LogP contribution in [0.1, 0.15) is 11.4 Å². The topological polar surface area (TPSA) is 53.1 Å². The Morgan fingerprint density at radius 2 is 1.95 bits per heavy atom. The van der Waals surface area contributed by atoms with Crippen molar-refractivity contribution in [2.45, 2.75) is 12.8 Å². The van der Waals surface area contributed by atoms with E-state index >= 15 is 0 Å². The lowest BCUT2D eigenvalue weighted by atomic mass is 10.1. The summed E-state index contributed by atoms with van der Waals surface area (Å²) in [4.78, 5) is 4.28. The summed E-state index contributed by atoms with van der Waals surface area (Å²) in [6.07, 6.45) is 5.35. The third kappa shape index (κ3) is 3.84. The Hall–Kier alpha value is -0.850. The first-order valence-corrected chi connectivity index (χ1v) is 7.97. The Kier molecular flexibility index (Phi) is 5.63. The monoisotopic (exact) mass is 401 g/mol. The van der Waals surface area contributed by atoms with Crippen molar-refractivity contribution in [1.82, 2.24) is 9.55 Å². The molecular weight excluding hydrogens is 386 g/mol. The number of nitrogens with two attached hydrogens (primary N) is 1. The van der Waals surface area contributed by atoms with Crippen LogP contribution in [0.25, 0.3) is 0 Å². The van der Waals surface area contributed by atoms with Crippen molar-refractivity contribution in [3.63, 3.8) is 0 Å². The van der Waals surface area contributed by atoms with E-state index in [9.17, 15) is 0 Å². The normalized spacial score (nSPS) is 10.8. The molecule has 1 heterocycles. The molecule has 0 fully saturated rings. The molecule has 2 rings (SSSR count). The molecule has 108 valence electrons. The van der Waals surface area contributed by atoms with Crippen molar-refractivity contribution in [1.29, 1.82) is 0 Å². The fraction of sp³-hybridized carbons (Fsp3) is 0.357. The number of nitrogens with zero attached hydrogens (tertiary/aromatic N) is 2. The predicted octanol–water partition coefficient (Wildman–Crippen LogP) is 3.07. The van der Waals surface area contributed by atoms with Gasteiger partial charge in [0.1, 0.15) is 11.6 Å². The van der Waals surface area contributed by atoms with E-state index in [2.05, 4.69) is 36.8 Å². The highest BCUT2D eigenvalue weighted by molar-refractivity contribution is 9.11. The third-order valence-corrected chi connectivity index (χ3v) is 4.16. The second-order valence-electron chi connectivity index (χ2n) is 4.48. The van der Waals surface area contributed by atoms with Crippen LogP contribution in [-0.4, -0.2) is 22.7 Å². The van der Waals surface area contributed by atoms with Gasteiger partial charge in [-0.2, -0.15) is 0 Å². The van der Waals surface area contributed by atoms with Crippen LogP contribution in [0, 0.1) is 0 Å². The maximum absolute atomic E-state index is 5.85. The zero-order valence-electron chi connectivity index (χ0n) is 11.3. The summed E-state index contributed by atoms with van der Waals surface area (Å²) in [5, 5.41) is 0. The fourth-order valence-corrected chi connectivity index (χ4v) is 3.45. The Morgan fingerprint density at radius 3 is 2.50 bits per heavy atom. The van der Waals surface area contributed by atoms with Gasteiger partial charge in [-0.05, 0) is 62.5 Å². The highest BCUT2D eigenvalue weighted by Crippen LogP contribution is 2.34. The summed E-state index contributed by atoms with van der Waals surface area (Å²) in [6, 6.07) is 4.10. The van der Waals surface area contributed by atoms with Gasteiger partial charge in [-0.25, -0.2) is 4.98 Å². The quantitative estimate of drug-likeness (QED) is 0.807.